The lowest BCUT2D eigenvalue weighted by Crippen LogP contribution is -2.42. The summed E-state index contributed by atoms with van der Waals surface area (Å²) < 4.78 is 5.66. The number of aliphatic carboxylic acids is 1. The highest BCUT2D eigenvalue weighted by molar-refractivity contribution is 5.94. The van der Waals surface area contributed by atoms with Crippen molar-refractivity contribution in [2.45, 2.75) is 19.4 Å². The Labute approximate surface area is 146 Å². The molecule has 0 saturated carbocycles. The number of amides is 1. The Morgan fingerprint density at radius 2 is 2.00 bits per heavy atom. The van der Waals surface area contributed by atoms with Crippen LogP contribution in [0.2, 0.25) is 0 Å². The van der Waals surface area contributed by atoms with E-state index in [1.54, 1.807) is 35.4 Å². The predicted octanol–water partition coefficient (Wildman–Crippen LogP) is 2.60. The van der Waals surface area contributed by atoms with Crippen molar-refractivity contribution in [2.75, 3.05) is 13.1 Å². The van der Waals surface area contributed by atoms with Crippen molar-refractivity contribution in [3.63, 3.8) is 0 Å². The number of likely N-dealkylation sites (tertiary alicyclic amines) is 1. The topological polar surface area (TPSA) is 79.7 Å². The molecule has 1 aromatic carbocycles. The Balaban J connectivity index is 1.59. The van der Waals surface area contributed by atoms with E-state index < -0.39 is 11.9 Å². The fourth-order valence-corrected chi connectivity index (χ4v) is 2.88. The maximum Gasteiger partial charge on any atom is 0.308 e. The standard InChI is InChI=1S/C19H20N2O4/c22-18(21-11-3-4-15(12-21)19(23)24)14-6-8-17(9-7-14)25-13-16-5-1-2-10-20-16/h1-2,5-10,15H,3-4,11-13H2,(H,23,24)/t15-/m1/s1. The number of hydrogen-bond donors (Lipinski definition) is 1. The third kappa shape index (κ3) is 4.35. The molecule has 1 aromatic heterocycles. The molecule has 0 radical (unpaired) electrons. The van der Waals surface area contributed by atoms with Crippen molar-refractivity contribution in [1.29, 1.82) is 0 Å². The Hall–Kier alpha value is -2.89. The van der Waals surface area contributed by atoms with E-state index in [1.165, 1.54) is 0 Å². The number of hydrogen-bond acceptors (Lipinski definition) is 4. The number of aromatic nitrogens is 1. The van der Waals surface area contributed by atoms with Crippen LogP contribution in [0.4, 0.5) is 0 Å². The van der Waals surface area contributed by atoms with Crippen LogP contribution in [-0.2, 0) is 11.4 Å². The minimum absolute atomic E-state index is 0.137. The van der Waals surface area contributed by atoms with Crippen LogP contribution >= 0.6 is 0 Å². The maximum atomic E-state index is 12.5. The van der Waals surface area contributed by atoms with Crippen molar-refractivity contribution in [1.82, 2.24) is 9.88 Å². The van der Waals surface area contributed by atoms with Gasteiger partial charge in [0.25, 0.3) is 5.91 Å². The van der Waals surface area contributed by atoms with Crippen molar-refractivity contribution in [3.05, 3.63) is 59.9 Å². The summed E-state index contributed by atoms with van der Waals surface area (Å²) in [6.45, 7) is 1.23. The summed E-state index contributed by atoms with van der Waals surface area (Å²) in [5.41, 5.74) is 1.37. The zero-order valence-electron chi connectivity index (χ0n) is 13.8. The lowest BCUT2D eigenvalue weighted by molar-refractivity contribution is -0.143. The Morgan fingerprint density at radius 1 is 1.20 bits per heavy atom. The first kappa shape index (κ1) is 17.0. The van der Waals surface area contributed by atoms with Gasteiger partial charge < -0.3 is 14.7 Å². The van der Waals surface area contributed by atoms with Gasteiger partial charge >= 0.3 is 5.97 Å². The summed E-state index contributed by atoms with van der Waals surface area (Å²) in [6.07, 6.45) is 3.05. The fraction of sp³-hybridized carbons (Fsp3) is 0.316. The van der Waals surface area contributed by atoms with Gasteiger partial charge in [0.2, 0.25) is 0 Å². The number of ether oxygens (including phenoxy) is 1. The summed E-state index contributed by atoms with van der Waals surface area (Å²) in [5.74, 6) is -0.791. The molecule has 1 fully saturated rings. The van der Waals surface area contributed by atoms with E-state index in [9.17, 15) is 9.59 Å². The zero-order chi connectivity index (χ0) is 17.6. The number of carbonyl (C=O) groups excluding carboxylic acids is 1. The molecule has 0 spiro atoms. The molecule has 3 rings (SSSR count). The lowest BCUT2D eigenvalue weighted by atomic mass is 9.97. The molecule has 2 aromatic rings. The normalized spacial score (nSPS) is 17.1. The molecule has 25 heavy (non-hydrogen) atoms. The van der Waals surface area contributed by atoms with Gasteiger partial charge in [0.1, 0.15) is 12.4 Å². The van der Waals surface area contributed by atoms with Crippen molar-refractivity contribution in [2.24, 2.45) is 5.92 Å². The van der Waals surface area contributed by atoms with Crippen LogP contribution in [0.5, 0.6) is 5.75 Å². The van der Waals surface area contributed by atoms with Gasteiger partial charge in [-0.25, -0.2) is 0 Å². The van der Waals surface area contributed by atoms with Gasteiger partial charge in [-0.15, -0.1) is 0 Å². The molecule has 1 amide bonds. The smallest absolute Gasteiger partial charge is 0.308 e. The van der Waals surface area contributed by atoms with Crippen molar-refractivity contribution in [3.8, 4) is 5.75 Å². The first-order valence-electron chi connectivity index (χ1n) is 8.28. The molecule has 0 unspecified atom stereocenters. The highest BCUT2D eigenvalue weighted by atomic mass is 16.5. The highest BCUT2D eigenvalue weighted by Gasteiger charge is 2.28. The van der Waals surface area contributed by atoms with Crippen LogP contribution in [0.15, 0.2) is 48.7 Å². The summed E-state index contributed by atoms with van der Waals surface area (Å²) >= 11 is 0. The van der Waals surface area contributed by atoms with E-state index in [-0.39, 0.29) is 12.5 Å². The third-order valence-corrected chi connectivity index (χ3v) is 4.27. The second-order valence-electron chi connectivity index (χ2n) is 6.06. The molecule has 1 aliphatic heterocycles. The van der Waals surface area contributed by atoms with Crippen LogP contribution < -0.4 is 4.74 Å². The number of rotatable bonds is 5. The molecule has 6 heteroatoms. The van der Waals surface area contributed by atoms with Gasteiger partial charge in [0.15, 0.2) is 0 Å². The largest absolute Gasteiger partial charge is 0.487 e. The van der Waals surface area contributed by atoms with Gasteiger partial charge in [-0.05, 0) is 49.2 Å². The van der Waals surface area contributed by atoms with Crippen LogP contribution in [-0.4, -0.2) is 40.0 Å². The van der Waals surface area contributed by atoms with E-state index in [2.05, 4.69) is 4.98 Å². The second kappa shape index (κ2) is 7.79. The first-order valence-corrected chi connectivity index (χ1v) is 8.28. The van der Waals surface area contributed by atoms with Crippen LogP contribution in [0.1, 0.15) is 28.9 Å². The highest BCUT2D eigenvalue weighted by Crippen LogP contribution is 2.20. The monoisotopic (exact) mass is 340 g/mol. The van der Waals surface area contributed by atoms with Gasteiger partial charge in [-0.2, -0.15) is 0 Å². The molecular weight excluding hydrogens is 320 g/mol. The quantitative estimate of drug-likeness (QED) is 0.905. The predicted molar refractivity (Wildman–Crippen MR) is 91.3 cm³/mol. The Kier molecular flexibility index (Phi) is 5.28. The maximum absolute atomic E-state index is 12.5. The second-order valence-corrected chi connectivity index (χ2v) is 6.06. The van der Waals surface area contributed by atoms with Crippen LogP contribution in [0.25, 0.3) is 0 Å². The molecule has 1 aliphatic rings. The van der Waals surface area contributed by atoms with Crippen molar-refractivity contribution < 1.29 is 19.4 Å². The number of piperidine rings is 1. The number of carboxylic acids is 1. The van der Waals surface area contributed by atoms with E-state index in [0.717, 1.165) is 5.69 Å². The molecule has 0 aliphatic carbocycles. The summed E-state index contributed by atoms with van der Waals surface area (Å²) in [7, 11) is 0. The number of carboxylic acid groups (broad SMARTS) is 1. The molecule has 1 N–H and O–H groups in total. The van der Waals surface area contributed by atoms with E-state index in [4.69, 9.17) is 9.84 Å². The van der Waals surface area contributed by atoms with E-state index in [1.807, 2.05) is 18.2 Å². The molecule has 1 atom stereocenters. The van der Waals surface area contributed by atoms with Gasteiger partial charge in [-0.3, -0.25) is 14.6 Å². The average molecular weight is 340 g/mol. The average Bonchev–Trinajstić information content (AvgIpc) is 2.67. The Morgan fingerprint density at radius 3 is 2.68 bits per heavy atom. The van der Waals surface area contributed by atoms with Gasteiger partial charge in [0, 0.05) is 24.8 Å². The summed E-state index contributed by atoms with van der Waals surface area (Å²) in [4.78, 5) is 29.5. The van der Waals surface area contributed by atoms with E-state index >= 15 is 0 Å². The summed E-state index contributed by atoms with van der Waals surface area (Å²) in [5, 5.41) is 9.14. The molecule has 6 nitrogen and oxygen atoms in total. The Bertz CT molecular complexity index is 731. The molecule has 2 heterocycles. The minimum Gasteiger partial charge on any atom is -0.487 e. The van der Waals surface area contributed by atoms with Crippen LogP contribution in [0, 0.1) is 5.92 Å². The van der Waals surface area contributed by atoms with E-state index in [0.29, 0.717) is 37.3 Å². The molecule has 1 saturated heterocycles. The minimum atomic E-state index is -0.837. The number of nitrogens with zero attached hydrogens (tertiary/aromatic N) is 2. The number of carbonyl (C=O) groups is 2. The first-order chi connectivity index (χ1) is 12.1. The number of benzene rings is 1. The van der Waals surface area contributed by atoms with Gasteiger partial charge in [-0.1, -0.05) is 6.07 Å². The van der Waals surface area contributed by atoms with Gasteiger partial charge in [0.05, 0.1) is 11.6 Å². The lowest BCUT2D eigenvalue weighted by Gasteiger charge is -2.30. The van der Waals surface area contributed by atoms with Crippen molar-refractivity contribution >= 4 is 11.9 Å². The fourth-order valence-electron chi connectivity index (χ4n) is 2.88. The number of pyridine rings is 1. The van der Waals surface area contributed by atoms with Crippen LogP contribution in [0.3, 0.4) is 0 Å². The molecule has 0 bridgehead atoms. The summed E-state index contributed by atoms with van der Waals surface area (Å²) in [6, 6.07) is 12.5. The molecule has 130 valence electrons. The zero-order valence-corrected chi connectivity index (χ0v) is 13.8. The SMILES string of the molecule is O=C(O)[C@@H]1CCCN(C(=O)c2ccc(OCc3ccccn3)cc2)C1. The molecular formula is C19H20N2O4. The third-order valence-electron chi connectivity index (χ3n) is 4.27.